The fourth-order valence-electron chi connectivity index (χ4n) is 2.00. The van der Waals surface area contributed by atoms with Gasteiger partial charge >= 0.3 is 0 Å². The van der Waals surface area contributed by atoms with E-state index in [0.29, 0.717) is 0 Å². The van der Waals surface area contributed by atoms with Gasteiger partial charge in [-0.1, -0.05) is 13.3 Å². The second kappa shape index (κ2) is 5.32. The van der Waals surface area contributed by atoms with Crippen LogP contribution in [0.3, 0.4) is 0 Å². The van der Waals surface area contributed by atoms with Gasteiger partial charge in [-0.2, -0.15) is 0 Å². The molecule has 3 N–H and O–H groups in total. The summed E-state index contributed by atoms with van der Waals surface area (Å²) in [5, 5.41) is 0. The van der Waals surface area contributed by atoms with Crippen LogP contribution in [0.15, 0.2) is 0 Å². The van der Waals surface area contributed by atoms with E-state index in [1.807, 2.05) is 14.0 Å². The molecule has 0 aromatic carbocycles. The van der Waals surface area contributed by atoms with E-state index in [1.54, 1.807) is 0 Å². The van der Waals surface area contributed by atoms with Crippen molar-refractivity contribution in [3.63, 3.8) is 0 Å². The van der Waals surface area contributed by atoms with Gasteiger partial charge in [-0.05, 0) is 32.2 Å². The van der Waals surface area contributed by atoms with Crippen molar-refractivity contribution in [2.24, 2.45) is 11.8 Å². The van der Waals surface area contributed by atoms with Crippen molar-refractivity contribution in [2.75, 3.05) is 13.6 Å². The molecule has 1 atom stereocenters. The van der Waals surface area contributed by atoms with E-state index in [0.717, 1.165) is 18.9 Å². The number of carbonyl (C=O) groups excluding carboxylic acids is 1. The van der Waals surface area contributed by atoms with Gasteiger partial charge in [0.1, 0.15) is 0 Å². The van der Waals surface area contributed by atoms with Crippen molar-refractivity contribution < 1.29 is 4.79 Å². The fraction of sp³-hybridized carbons (Fsp3) is 0.900. The second-order valence-corrected chi connectivity index (χ2v) is 4.17. The topological polar surface area (TPSA) is 58.4 Å². The smallest absolute Gasteiger partial charge is 0.251 e. The Morgan fingerprint density at radius 2 is 2.29 bits per heavy atom. The van der Waals surface area contributed by atoms with Gasteiger partial charge in [0.2, 0.25) is 0 Å². The Bertz CT molecular complexity index is 192. The third kappa shape index (κ3) is 2.69. The Kier molecular flexibility index (Phi) is 4.35. The lowest BCUT2D eigenvalue weighted by Crippen LogP contribution is -2.49. The number of amides is 1. The third-order valence-electron chi connectivity index (χ3n) is 3.13. The molecule has 1 aliphatic rings. The van der Waals surface area contributed by atoms with E-state index in [9.17, 15) is 4.79 Å². The standard InChI is InChI=1S/C10H21N3O/c1-3-9(10(14)12-11)13(2)7-8-5-4-6-8/h8-9H,3-7,11H2,1-2H3,(H,12,14). The van der Waals surface area contributed by atoms with E-state index in [4.69, 9.17) is 5.84 Å². The summed E-state index contributed by atoms with van der Waals surface area (Å²) in [6, 6.07) is -0.0689. The molecule has 0 heterocycles. The van der Waals surface area contributed by atoms with Gasteiger partial charge in [0.25, 0.3) is 5.91 Å². The molecule has 0 aliphatic heterocycles. The number of nitrogens with zero attached hydrogens (tertiary/aromatic N) is 1. The first-order valence-electron chi connectivity index (χ1n) is 5.39. The minimum Gasteiger partial charge on any atom is -0.295 e. The quantitative estimate of drug-likeness (QED) is 0.385. The van der Waals surface area contributed by atoms with Gasteiger partial charge in [-0.25, -0.2) is 5.84 Å². The van der Waals surface area contributed by atoms with Crippen LogP contribution in [0.5, 0.6) is 0 Å². The average Bonchev–Trinajstić information content (AvgIpc) is 2.12. The van der Waals surface area contributed by atoms with Gasteiger partial charge in [0.15, 0.2) is 0 Å². The van der Waals surface area contributed by atoms with Gasteiger partial charge < -0.3 is 0 Å². The summed E-state index contributed by atoms with van der Waals surface area (Å²) in [6.45, 7) is 3.03. The summed E-state index contributed by atoms with van der Waals surface area (Å²) in [4.78, 5) is 13.5. The van der Waals surface area contributed by atoms with E-state index >= 15 is 0 Å². The lowest BCUT2D eigenvalue weighted by atomic mass is 9.85. The molecule has 0 saturated heterocycles. The molecule has 1 amide bonds. The third-order valence-corrected chi connectivity index (χ3v) is 3.13. The zero-order chi connectivity index (χ0) is 10.6. The summed E-state index contributed by atoms with van der Waals surface area (Å²) in [6.07, 6.45) is 4.78. The van der Waals surface area contributed by atoms with Crippen LogP contribution in [0.4, 0.5) is 0 Å². The molecule has 4 nitrogen and oxygen atoms in total. The maximum absolute atomic E-state index is 11.4. The zero-order valence-corrected chi connectivity index (χ0v) is 9.12. The predicted octanol–water partition coefficient (Wildman–Crippen LogP) is 0.487. The monoisotopic (exact) mass is 199 g/mol. The molecule has 0 aromatic heterocycles. The highest BCUT2D eigenvalue weighted by molar-refractivity contribution is 5.80. The summed E-state index contributed by atoms with van der Waals surface area (Å²) in [7, 11) is 2.00. The highest BCUT2D eigenvalue weighted by Crippen LogP contribution is 2.27. The van der Waals surface area contributed by atoms with Crippen LogP contribution in [0.25, 0.3) is 0 Å². The van der Waals surface area contributed by atoms with Crippen LogP contribution in [-0.2, 0) is 4.79 Å². The number of likely N-dealkylation sites (N-methyl/N-ethyl adjacent to an activating group) is 1. The van der Waals surface area contributed by atoms with E-state index in [2.05, 4.69) is 10.3 Å². The summed E-state index contributed by atoms with van der Waals surface area (Å²) in [5.41, 5.74) is 2.23. The largest absolute Gasteiger partial charge is 0.295 e. The van der Waals surface area contributed by atoms with Gasteiger partial charge in [-0.3, -0.25) is 15.1 Å². The fourth-order valence-corrected chi connectivity index (χ4v) is 2.00. The average molecular weight is 199 g/mol. The normalized spacial score (nSPS) is 19.1. The highest BCUT2D eigenvalue weighted by Gasteiger charge is 2.25. The molecule has 1 saturated carbocycles. The van der Waals surface area contributed by atoms with Crippen LogP contribution in [0.1, 0.15) is 32.6 Å². The number of hydrogen-bond donors (Lipinski definition) is 2. The van der Waals surface area contributed by atoms with E-state index in [1.165, 1.54) is 19.3 Å². The van der Waals surface area contributed by atoms with Crippen LogP contribution in [0.2, 0.25) is 0 Å². The number of rotatable bonds is 5. The first-order chi connectivity index (χ1) is 6.69. The first kappa shape index (κ1) is 11.5. The first-order valence-corrected chi connectivity index (χ1v) is 5.39. The number of nitrogens with two attached hydrogens (primary N) is 1. The van der Waals surface area contributed by atoms with Gasteiger partial charge in [0, 0.05) is 6.54 Å². The molecule has 0 radical (unpaired) electrons. The number of hydrogen-bond acceptors (Lipinski definition) is 3. The predicted molar refractivity (Wildman–Crippen MR) is 56.4 cm³/mol. The molecule has 1 unspecified atom stereocenters. The Hall–Kier alpha value is -0.610. The van der Waals surface area contributed by atoms with Gasteiger partial charge in [-0.15, -0.1) is 0 Å². The molecule has 0 bridgehead atoms. The molecule has 1 rings (SSSR count). The number of hydrazine groups is 1. The van der Waals surface area contributed by atoms with Crippen molar-refractivity contribution >= 4 is 5.91 Å². The second-order valence-electron chi connectivity index (χ2n) is 4.17. The highest BCUT2D eigenvalue weighted by atomic mass is 16.2. The molecule has 4 heteroatoms. The van der Waals surface area contributed by atoms with E-state index in [-0.39, 0.29) is 11.9 Å². The van der Waals surface area contributed by atoms with Crippen molar-refractivity contribution in [2.45, 2.75) is 38.6 Å². The van der Waals surface area contributed by atoms with Gasteiger partial charge in [0.05, 0.1) is 6.04 Å². The molecule has 1 aliphatic carbocycles. The van der Waals surface area contributed by atoms with E-state index < -0.39 is 0 Å². The van der Waals surface area contributed by atoms with Crippen LogP contribution in [-0.4, -0.2) is 30.4 Å². The maximum Gasteiger partial charge on any atom is 0.251 e. The lowest BCUT2D eigenvalue weighted by molar-refractivity contribution is -0.126. The Labute approximate surface area is 85.8 Å². The minimum atomic E-state index is -0.0747. The van der Waals surface area contributed by atoms with Crippen molar-refractivity contribution in [3.8, 4) is 0 Å². The molecule has 14 heavy (non-hydrogen) atoms. The SMILES string of the molecule is CCC(C(=O)NN)N(C)CC1CCC1. The Balaban J connectivity index is 2.37. The maximum atomic E-state index is 11.4. The molecule has 0 spiro atoms. The summed E-state index contributed by atoms with van der Waals surface area (Å²) < 4.78 is 0. The summed E-state index contributed by atoms with van der Waals surface area (Å²) in [5.74, 6) is 5.85. The zero-order valence-electron chi connectivity index (χ0n) is 9.12. The molecule has 0 aromatic rings. The minimum absolute atomic E-state index is 0.0689. The van der Waals surface area contributed by atoms with Crippen molar-refractivity contribution in [3.05, 3.63) is 0 Å². The summed E-state index contributed by atoms with van der Waals surface area (Å²) >= 11 is 0. The van der Waals surface area contributed by atoms with Crippen molar-refractivity contribution in [1.29, 1.82) is 0 Å². The van der Waals surface area contributed by atoms with Crippen LogP contribution < -0.4 is 11.3 Å². The van der Waals surface area contributed by atoms with Crippen LogP contribution in [0, 0.1) is 5.92 Å². The molecular weight excluding hydrogens is 178 g/mol. The van der Waals surface area contributed by atoms with Crippen molar-refractivity contribution in [1.82, 2.24) is 10.3 Å². The lowest BCUT2D eigenvalue weighted by Gasteiger charge is -2.33. The number of carbonyl (C=O) groups is 1. The molecule has 82 valence electrons. The Morgan fingerprint density at radius 3 is 2.64 bits per heavy atom. The van der Waals surface area contributed by atoms with Crippen LogP contribution >= 0.6 is 0 Å². The number of nitrogens with one attached hydrogen (secondary N) is 1. The molecular formula is C10H21N3O. The molecule has 1 fully saturated rings. The Morgan fingerprint density at radius 1 is 1.64 bits per heavy atom.